The topological polar surface area (TPSA) is 111 Å². The van der Waals surface area contributed by atoms with Gasteiger partial charge >= 0.3 is 0 Å². The molecule has 3 aliphatic heterocycles. The fraction of sp³-hybridized carbons (Fsp3) is 0.231. The highest BCUT2D eigenvalue weighted by Gasteiger charge is 2.64. The summed E-state index contributed by atoms with van der Waals surface area (Å²) >= 11 is 0. The van der Waals surface area contributed by atoms with Crippen molar-refractivity contribution in [3.05, 3.63) is 93.3 Å². The van der Waals surface area contributed by atoms with Gasteiger partial charge in [0.2, 0.25) is 12.7 Å². The molecule has 10 heteroatoms. The molecule has 3 aliphatic rings. The van der Waals surface area contributed by atoms with E-state index in [-0.39, 0.29) is 24.8 Å². The minimum Gasteiger partial charge on any atom is -0.454 e. The molecule has 1 fully saturated rings. The number of likely N-dealkylation sites (tertiary alicyclic amines) is 1. The number of carbonyl (C=O) groups is 2. The molecule has 6 rings (SSSR count). The van der Waals surface area contributed by atoms with Crippen LogP contribution in [0.5, 0.6) is 11.5 Å². The van der Waals surface area contributed by atoms with E-state index in [1.165, 1.54) is 30.3 Å². The van der Waals surface area contributed by atoms with Gasteiger partial charge in [-0.05, 0) is 49.0 Å². The molecule has 3 atom stereocenters. The Morgan fingerprint density at radius 2 is 1.94 bits per heavy atom. The number of nitro groups is 1. The van der Waals surface area contributed by atoms with Gasteiger partial charge in [-0.2, -0.15) is 0 Å². The van der Waals surface area contributed by atoms with Crippen molar-refractivity contribution in [3.8, 4) is 11.5 Å². The SMILES string of the molecule is CN1CC(c2cccc([N+](=O)[O-])c2)C(C(=O)c2ccc3c(c2)OCO3)C12C(=O)Nc1ccc(F)cc12. The molecule has 3 unspecified atom stereocenters. The maximum Gasteiger partial charge on any atom is 0.269 e. The lowest BCUT2D eigenvalue weighted by Crippen LogP contribution is -2.51. The molecule has 0 saturated carbocycles. The number of amides is 1. The van der Waals surface area contributed by atoms with Crippen LogP contribution in [-0.4, -0.2) is 41.9 Å². The van der Waals surface area contributed by atoms with Crippen LogP contribution < -0.4 is 14.8 Å². The van der Waals surface area contributed by atoms with E-state index in [4.69, 9.17) is 9.47 Å². The Bertz CT molecular complexity index is 1460. The fourth-order valence-electron chi connectivity index (χ4n) is 5.81. The number of Topliss-reactive ketones (excluding diaryl/α,β-unsaturated/α-hetero) is 1. The van der Waals surface area contributed by atoms with Crippen LogP contribution in [0.4, 0.5) is 15.8 Å². The number of nitro benzene ring substituents is 1. The van der Waals surface area contributed by atoms with Gasteiger partial charge in [-0.1, -0.05) is 12.1 Å². The summed E-state index contributed by atoms with van der Waals surface area (Å²) < 4.78 is 25.3. The molecule has 0 radical (unpaired) electrons. The van der Waals surface area contributed by atoms with Crippen LogP contribution in [0.1, 0.15) is 27.4 Å². The number of rotatable bonds is 4. The number of hydrogen-bond donors (Lipinski definition) is 1. The zero-order valence-corrected chi connectivity index (χ0v) is 19.1. The van der Waals surface area contributed by atoms with Crippen LogP contribution in [0.3, 0.4) is 0 Å². The highest BCUT2D eigenvalue weighted by molar-refractivity contribution is 6.12. The Kier molecular flexibility index (Phi) is 4.84. The third-order valence-corrected chi connectivity index (χ3v) is 7.36. The molecule has 182 valence electrons. The molecule has 1 spiro atoms. The Balaban J connectivity index is 1.56. The molecular formula is C26H20FN3O6. The van der Waals surface area contributed by atoms with Crippen LogP contribution in [0.25, 0.3) is 0 Å². The molecule has 3 aromatic rings. The summed E-state index contributed by atoms with van der Waals surface area (Å²) in [5.74, 6) is -2.02. The van der Waals surface area contributed by atoms with Crippen LogP contribution in [0, 0.1) is 21.8 Å². The Hall–Kier alpha value is -4.31. The van der Waals surface area contributed by atoms with E-state index in [1.807, 2.05) is 0 Å². The van der Waals surface area contributed by atoms with Gasteiger partial charge in [0.05, 0.1) is 10.8 Å². The summed E-state index contributed by atoms with van der Waals surface area (Å²) in [7, 11) is 1.71. The number of nitrogens with zero attached hydrogens (tertiary/aromatic N) is 2. The predicted molar refractivity (Wildman–Crippen MR) is 126 cm³/mol. The fourth-order valence-corrected chi connectivity index (χ4v) is 5.81. The molecule has 1 amide bonds. The smallest absolute Gasteiger partial charge is 0.269 e. The number of ether oxygens (including phenoxy) is 2. The van der Waals surface area contributed by atoms with Crippen molar-refractivity contribution in [2.24, 2.45) is 5.92 Å². The first kappa shape index (κ1) is 22.2. The molecule has 0 bridgehead atoms. The Morgan fingerprint density at radius 3 is 2.75 bits per heavy atom. The number of anilines is 1. The van der Waals surface area contributed by atoms with Crippen molar-refractivity contribution < 1.29 is 28.4 Å². The highest BCUT2D eigenvalue weighted by atomic mass is 19.1. The Labute approximate surface area is 204 Å². The molecule has 0 aliphatic carbocycles. The number of likely N-dealkylation sites (N-methyl/N-ethyl adjacent to an activating group) is 1. The van der Waals surface area contributed by atoms with Crippen LogP contribution in [0.15, 0.2) is 60.7 Å². The van der Waals surface area contributed by atoms with E-state index in [0.29, 0.717) is 33.9 Å². The van der Waals surface area contributed by atoms with Gasteiger partial charge < -0.3 is 14.8 Å². The number of hydrogen-bond acceptors (Lipinski definition) is 7. The number of benzene rings is 3. The van der Waals surface area contributed by atoms with Gasteiger partial charge in [0, 0.05) is 41.4 Å². The summed E-state index contributed by atoms with van der Waals surface area (Å²) in [4.78, 5) is 40.7. The Morgan fingerprint density at radius 1 is 1.14 bits per heavy atom. The minimum atomic E-state index is -1.51. The van der Waals surface area contributed by atoms with Crippen molar-refractivity contribution in [2.45, 2.75) is 11.5 Å². The van der Waals surface area contributed by atoms with Crippen molar-refractivity contribution in [1.82, 2.24) is 4.90 Å². The van der Waals surface area contributed by atoms with Gasteiger partial charge in [0.25, 0.3) is 5.69 Å². The molecule has 0 aromatic heterocycles. The molecular weight excluding hydrogens is 469 g/mol. The van der Waals surface area contributed by atoms with E-state index in [2.05, 4.69) is 5.32 Å². The summed E-state index contributed by atoms with van der Waals surface area (Å²) in [6.07, 6.45) is 0. The first-order valence-electron chi connectivity index (χ1n) is 11.3. The average Bonchev–Trinajstić information content (AvgIpc) is 3.54. The van der Waals surface area contributed by atoms with Gasteiger partial charge in [-0.25, -0.2) is 4.39 Å². The standard InChI is InChI=1S/C26H20FN3O6/c1-29-12-18(14-3-2-4-17(9-14)30(33)34)23(24(31)15-5-8-21-22(10-15)36-13-35-21)26(29)19-11-16(27)6-7-20(19)28-25(26)32/h2-11,18,23H,12-13H2,1H3,(H,28,32). The third-order valence-electron chi connectivity index (χ3n) is 7.36. The first-order chi connectivity index (χ1) is 17.3. The van der Waals surface area contributed by atoms with E-state index < -0.39 is 34.0 Å². The second kappa shape index (κ2) is 7.85. The summed E-state index contributed by atoms with van der Waals surface area (Å²) in [5, 5.41) is 14.3. The van der Waals surface area contributed by atoms with E-state index in [1.54, 1.807) is 42.3 Å². The monoisotopic (exact) mass is 489 g/mol. The quantitative estimate of drug-likeness (QED) is 0.337. The second-order valence-electron chi connectivity index (χ2n) is 9.16. The average molecular weight is 489 g/mol. The van der Waals surface area contributed by atoms with E-state index >= 15 is 0 Å². The number of non-ortho nitro benzene ring substituents is 1. The lowest BCUT2D eigenvalue weighted by molar-refractivity contribution is -0.384. The molecule has 3 aromatic carbocycles. The first-order valence-corrected chi connectivity index (χ1v) is 11.3. The van der Waals surface area contributed by atoms with Gasteiger partial charge in [-0.3, -0.25) is 24.6 Å². The summed E-state index contributed by atoms with van der Waals surface area (Å²) in [6, 6.07) is 14.9. The maximum atomic E-state index is 14.5. The van der Waals surface area contributed by atoms with Crippen molar-refractivity contribution in [3.63, 3.8) is 0 Å². The van der Waals surface area contributed by atoms with Crippen LogP contribution >= 0.6 is 0 Å². The van der Waals surface area contributed by atoms with Crippen molar-refractivity contribution in [1.29, 1.82) is 0 Å². The predicted octanol–water partition coefficient (Wildman–Crippen LogP) is 3.84. The molecule has 3 heterocycles. The maximum absolute atomic E-state index is 14.5. The normalized spacial score (nSPS) is 24.1. The van der Waals surface area contributed by atoms with Gasteiger partial charge in [0.1, 0.15) is 11.4 Å². The minimum absolute atomic E-state index is 0.0362. The zero-order valence-electron chi connectivity index (χ0n) is 19.1. The number of halogens is 1. The van der Waals surface area contributed by atoms with Crippen molar-refractivity contribution >= 4 is 23.1 Å². The highest BCUT2D eigenvalue weighted by Crippen LogP contribution is 2.56. The number of fused-ring (bicyclic) bond motifs is 3. The van der Waals surface area contributed by atoms with Crippen molar-refractivity contribution in [2.75, 3.05) is 25.7 Å². The molecule has 1 N–H and O–H groups in total. The molecule has 9 nitrogen and oxygen atoms in total. The lowest BCUT2D eigenvalue weighted by Gasteiger charge is -2.35. The number of carbonyl (C=O) groups excluding carboxylic acids is 2. The summed E-state index contributed by atoms with van der Waals surface area (Å²) in [6.45, 7) is 0.278. The van der Waals surface area contributed by atoms with Gasteiger partial charge in [-0.15, -0.1) is 0 Å². The van der Waals surface area contributed by atoms with E-state index in [0.717, 1.165) is 0 Å². The van der Waals surface area contributed by atoms with Crippen LogP contribution in [-0.2, 0) is 10.3 Å². The van der Waals surface area contributed by atoms with Crippen LogP contribution in [0.2, 0.25) is 0 Å². The molecule has 1 saturated heterocycles. The second-order valence-corrected chi connectivity index (χ2v) is 9.16. The van der Waals surface area contributed by atoms with Gasteiger partial charge in [0.15, 0.2) is 17.3 Å². The zero-order chi connectivity index (χ0) is 25.2. The molecule has 36 heavy (non-hydrogen) atoms. The third kappa shape index (κ3) is 3.04. The number of nitrogens with one attached hydrogen (secondary N) is 1. The summed E-state index contributed by atoms with van der Waals surface area (Å²) in [5.41, 5.74) is 0.00280. The largest absolute Gasteiger partial charge is 0.454 e. The lowest BCUT2D eigenvalue weighted by atomic mass is 9.70. The number of ketones is 1. The van der Waals surface area contributed by atoms with E-state index in [9.17, 15) is 24.1 Å².